The van der Waals surface area contributed by atoms with Crippen LogP contribution in [0.5, 0.6) is 0 Å². The van der Waals surface area contributed by atoms with Crippen molar-refractivity contribution in [1.82, 2.24) is 9.97 Å². The van der Waals surface area contributed by atoms with Gasteiger partial charge in [-0.3, -0.25) is 4.98 Å². The summed E-state index contributed by atoms with van der Waals surface area (Å²) in [5.74, 6) is 0. The Morgan fingerprint density at radius 1 is 1.14 bits per heavy atom. The zero-order valence-electron chi connectivity index (χ0n) is 7.17. The molecular formula is C9H8BrN3O. The third kappa shape index (κ3) is 1.58. The van der Waals surface area contributed by atoms with Crippen molar-refractivity contribution in [1.29, 1.82) is 0 Å². The van der Waals surface area contributed by atoms with Gasteiger partial charge in [0.25, 0.3) is 0 Å². The molecule has 0 fully saturated rings. The van der Waals surface area contributed by atoms with Gasteiger partial charge in [0, 0.05) is 11.3 Å². The summed E-state index contributed by atoms with van der Waals surface area (Å²) in [5.41, 5.74) is 7.66. The molecule has 1 aromatic heterocycles. The molecule has 14 heavy (non-hydrogen) atoms. The molecule has 2 rings (SSSR count). The third-order valence-corrected chi connectivity index (χ3v) is 2.48. The number of aromatic amines is 2. The molecule has 2 aromatic rings. The van der Waals surface area contributed by atoms with Gasteiger partial charge in [0.1, 0.15) is 4.60 Å². The molecule has 4 N–H and O–H groups in total. The SMILES string of the molecule is Nc1ccc(-c2[nH]c(=O)[nH]c2Br)cc1. The molecule has 0 spiro atoms. The Balaban J connectivity index is 2.54. The Hall–Kier alpha value is -1.49. The molecule has 4 nitrogen and oxygen atoms in total. The van der Waals surface area contributed by atoms with Crippen LogP contribution in [-0.2, 0) is 0 Å². The van der Waals surface area contributed by atoms with Crippen molar-refractivity contribution in [3.63, 3.8) is 0 Å². The van der Waals surface area contributed by atoms with E-state index in [0.29, 0.717) is 10.3 Å². The van der Waals surface area contributed by atoms with Crippen LogP contribution in [0.4, 0.5) is 5.69 Å². The molecule has 0 aliphatic carbocycles. The number of aromatic nitrogens is 2. The van der Waals surface area contributed by atoms with Gasteiger partial charge in [-0.25, -0.2) is 4.79 Å². The highest BCUT2D eigenvalue weighted by atomic mass is 79.9. The van der Waals surface area contributed by atoms with Gasteiger partial charge in [-0.1, -0.05) is 12.1 Å². The number of H-pyrrole nitrogens is 2. The van der Waals surface area contributed by atoms with E-state index in [2.05, 4.69) is 25.9 Å². The van der Waals surface area contributed by atoms with E-state index in [1.165, 1.54) is 0 Å². The normalized spacial score (nSPS) is 10.4. The Labute approximate surface area is 88.3 Å². The fraction of sp³-hybridized carbons (Fsp3) is 0. The van der Waals surface area contributed by atoms with Crippen molar-refractivity contribution in [3.05, 3.63) is 39.4 Å². The van der Waals surface area contributed by atoms with Gasteiger partial charge in [-0.15, -0.1) is 0 Å². The fourth-order valence-corrected chi connectivity index (χ4v) is 1.72. The molecule has 0 saturated heterocycles. The molecule has 1 aromatic carbocycles. The lowest BCUT2D eigenvalue weighted by molar-refractivity contribution is 1.18. The van der Waals surface area contributed by atoms with Crippen molar-refractivity contribution in [2.75, 3.05) is 5.73 Å². The highest BCUT2D eigenvalue weighted by Gasteiger charge is 2.05. The van der Waals surface area contributed by atoms with E-state index in [9.17, 15) is 4.79 Å². The number of rotatable bonds is 1. The fourth-order valence-electron chi connectivity index (χ4n) is 1.21. The number of imidazole rings is 1. The topological polar surface area (TPSA) is 74.7 Å². The first kappa shape index (κ1) is 9.08. The predicted octanol–water partition coefficient (Wildman–Crippen LogP) is 1.71. The molecule has 0 radical (unpaired) electrons. The molecule has 0 saturated carbocycles. The van der Waals surface area contributed by atoms with E-state index in [1.54, 1.807) is 12.1 Å². The molecule has 0 atom stereocenters. The minimum atomic E-state index is -0.233. The van der Waals surface area contributed by atoms with Crippen molar-refractivity contribution >= 4 is 21.6 Å². The summed E-state index contributed by atoms with van der Waals surface area (Å²) < 4.78 is 0.646. The average molecular weight is 254 g/mol. The van der Waals surface area contributed by atoms with Crippen LogP contribution in [0.3, 0.4) is 0 Å². The van der Waals surface area contributed by atoms with Crippen molar-refractivity contribution < 1.29 is 0 Å². The predicted molar refractivity (Wildman–Crippen MR) is 59.0 cm³/mol. The zero-order chi connectivity index (χ0) is 10.1. The molecule has 0 aliphatic heterocycles. The lowest BCUT2D eigenvalue weighted by atomic mass is 10.1. The molecule has 5 heteroatoms. The Morgan fingerprint density at radius 3 is 2.29 bits per heavy atom. The summed E-state index contributed by atoms with van der Waals surface area (Å²) in [4.78, 5) is 16.3. The number of hydrogen-bond acceptors (Lipinski definition) is 2. The van der Waals surface area contributed by atoms with Gasteiger partial charge in [0.2, 0.25) is 0 Å². The van der Waals surface area contributed by atoms with Gasteiger partial charge in [-0.2, -0.15) is 0 Å². The third-order valence-electron chi connectivity index (χ3n) is 1.88. The van der Waals surface area contributed by atoms with E-state index < -0.39 is 0 Å². The number of anilines is 1. The first-order chi connectivity index (χ1) is 6.66. The van der Waals surface area contributed by atoms with E-state index in [4.69, 9.17) is 5.73 Å². The van der Waals surface area contributed by atoms with Crippen LogP contribution in [0.25, 0.3) is 11.3 Å². The summed E-state index contributed by atoms with van der Waals surface area (Å²) in [6.07, 6.45) is 0. The Morgan fingerprint density at radius 2 is 1.79 bits per heavy atom. The maximum Gasteiger partial charge on any atom is 0.324 e. The highest BCUT2D eigenvalue weighted by molar-refractivity contribution is 9.10. The minimum absolute atomic E-state index is 0.233. The number of nitrogens with one attached hydrogen (secondary N) is 2. The quantitative estimate of drug-likeness (QED) is 0.677. The summed E-state index contributed by atoms with van der Waals surface area (Å²) in [7, 11) is 0. The van der Waals surface area contributed by atoms with Crippen molar-refractivity contribution in [2.24, 2.45) is 0 Å². The van der Waals surface area contributed by atoms with Crippen LogP contribution >= 0.6 is 15.9 Å². The van der Waals surface area contributed by atoms with E-state index in [0.717, 1.165) is 11.3 Å². The highest BCUT2D eigenvalue weighted by Crippen LogP contribution is 2.23. The van der Waals surface area contributed by atoms with Crippen LogP contribution in [0.1, 0.15) is 0 Å². The zero-order valence-corrected chi connectivity index (χ0v) is 8.76. The molecule has 72 valence electrons. The molecule has 1 heterocycles. The smallest absolute Gasteiger partial charge is 0.324 e. The standard InChI is InChI=1S/C9H8BrN3O/c10-8-7(12-9(14)13-8)5-1-3-6(11)4-2-5/h1-4H,11H2,(H2,12,13,14). The van der Waals surface area contributed by atoms with Crippen LogP contribution in [0, 0.1) is 0 Å². The Bertz CT molecular complexity index is 498. The number of nitrogens with two attached hydrogens (primary N) is 1. The first-order valence-electron chi connectivity index (χ1n) is 4.00. The van der Waals surface area contributed by atoms with Gasteiger partial charge < -0.3 is 10.7 Å². The number of hydrogen-bond donors (Lipinski definition) is 3. The van der Waals surface area contributed by atoms with Crippen molar-refractivity contribution in [3.8, 4) is 11.3 Å². The van der Waals surface area contributed by atoms with Gasteiger partial charge in [0.05, 0.1) is 5.69 Å². The number of benzene rings is 1. The second-order valence-electron chi connectivity index (χ2n) is 2.89. The lowest BCUT2D eigenvalue weighted by Gasteiger charge is -1.98. The lowest BCUT2D eigenvalue weighted by Crippen LogP contribution is -2.00. The minimum Gasteiger partial charge on any atom is -0.399 e. The number of halogens is 1. The first-order valence-corrected chi connectivity index (χ1v) is 4.80. The summed E-state index contributed by atoms with van der Waals surface area (Å²) >= 11 is 3.25. The average Bonchev–Trinajstić information content (AvgIpc) is 2.47. The Kier molecular flexibility index (Phi) is 2.17. The van der Waals surface area contributed by atoms with E-state index >= 15 is 0 Å². The van der Waals surface area contributed by atoms with Crippen LogP contribution in [0.2, 0.25) is 0 Å². The van der Waals surface area contributed by atoms with Crippen LogP contribution in [-0.4, -0.2) is 9.97 Å². The van der Waals surface area contributed by atoms with Crippen LogP contribution in [0.15, 0.2) is 33.7 Å². The maximum atomic E-state index is 11.0. The maximum absolute atomic E-state index is 11.0. The van der Waals surface area contributed by atoms with Crippen molar-refractivity contribution in [2.45, 2.75) is 0 Å². The van der Waals surface area contributed by atoms with Gasteiger partial charge in [-0.05, 0) is 28.1 Å². The second-order valence-corrected chi connectivity index (χ2v) is 3.68. The molecular weight excluding hydrogens is 246 g/mol. The number of nitrogen functional groups attached to an aromatic ring is 1. The largest absolute Gasteiger partial charge is 0.399 e. The van der Waals surface area contributed by atoms with Crippen LogP contribution < -0.4 is 11.4 Å². The summed E-state index contributed by atoms with van der Waals surface area (Å²) in [5, 5.41) is 0. The van der Waals surface area contributed by atoms with Gasteiger partial charge >= 0.3 is 5.69 Å². The molecule has 0 amide bonds. The molecule has 0 unspecified atom stereocenters. The summed E-state index contributed by atoms with van der Waals surface area (Å²) in [6, 6.07) is 7.26. The summed E-state index contributed by atoms with van der Waals surface area (Å²) in [6.45, 7) is 0. The monoisotopic (exact) mass is 253 g/mol. The van der Waals surface area contributed by atoms with E-state index in [-0.39, 0.29) is 5.69 Å². The van der Waals surface area contributed by atoms with Gasteiger partial charge in [0.15, 0.2) is 0 Å². The second kappa shape index (κ2) is 3.34. The van der Waals surface area contributed by atoms with E-state index in [1.807, 2.05) is 12.1 Å². The molecule has 0 aliphatic rings. The molecule has 0 bridgehead atoms.